The second-order valence-electron chi connectivity index (χ2n) is 5.35. The van der Waals surface area contributed by atoms with E-state index >= 15 is 0 Å². The van der Waals surface area contributed by atoms with Crippen molar-refractivity contribution in [3.05, 3.63) is 23.8 Å². The number of piperidine rings is 1. The van der Waals surface area contributed by atoms with E-state index in [1.165, 1.54) is 0 Å². The van der Waals surface area contributed by atoms with Gasteiger partial charge in [0.2, 0.25) is 0 Å². The van der Waals surface area contributed by atoms with Crippen LogP contribution in [0.1, 0.15) is 23.2 Å². The number of amides is 1. The molecule has 5 heteroatoms. The lowest BCUT2D eigenvalue weighted by atomic mass is 9.97. The third kappa shape index (κ3) is 3.86. The fraction of sp³-hybridized carbons (Fsp3) is 0.500. The van der Waals surface area contributed by atoms with E-state index in [1.807, 2.05) is 0 Å². The number of hydrogen-bond acceptors (Lipinski definition) is 4. The van der Waals surface area contributed by atoms with Crippen LogP contribution in [0.2, 0.25) is 0 Å². The van der Waals surface area contributed by atoms with E-state index in [-0.39, 0.29) is 5.91 Å². The first kappa shape index (κ1) is 13.7. The van der Waals surface area contributed by atoms with Crippen LogP contribution in [0.3, 0.4) is 0 Å². The monoisotopic (exact) mass is 262 g/mol. The van der Waals surface area contributed by atoms with E-state index in [1.54, 1.807) is 18.2 Å². The third-order valence-corrected chi connectivity index (χ3v) is 3.63. The van der Waals surface area contributed by atoms with Crippen molar-refractivity contribution < 1.29 is 4.79 Å². The summed E-state index contributed by atoms with van der Waals surface area (Å²) in [7, 11) is 2.13. The molecule has 1 amide bonds. The number of hydrogen-bond donors (Lipinski definition) is 3. The maximum absolute atomic E-state index is 12.0. The highest BCUT2D eigenvalue weighted by atomic mass is 16.1. The van der Waals surface area contributed by atoms with E-state index in [2.05, 4.69) is 17.3 Å². The van der Waals surface area contributed by atoms with Gasteiger partial charge in [0, 0.05) is 23.5 Å². The molecular weight excluding hydrogens is 240 g/mol. The molecule has 0 atom stereocenters. The Kier molecular flexibility index (Phi) is 4.27. The summed E-state index contributed by atoms with van der Waals surface area (Å²) in [6.45, 7) is 2.93. The van der Waals surface area contributed by atoms with E-state index in [4.69, 9.17) is 11.5 Å². The smallest absolute Gasteiger partial charge is 0.251 e. The minimum Gasteiger partial charge on any atom is -0.399 e. The maximum atomic E-state index is 12.0. The molecule has 1 saturated heterocycles. The van der Waals surface area contributed by atoms with E-state index < -0.39 is 0 Å². The van der Waals surface area contributed by atoms with E-state index in [0.29, 0.717) is 22.9 Å². The molecule has 0 radical (unpaired) electrons. The maximum Gasteiger partial charge on any atom is 0.251 e. The summed E-state index contributed by atoms with van der Waals surface area (Å²) in [6, 6.07) is 4.95. The Labute approximate surface area is 113 Å². The average molecular weight is 262 g/mol. The minimum atomic E-state index is -0.0991. The molecule has 1 fully saturated rings. The fourth-order valence-electron chi connectivity index (χ4n) is 2.41. The first-order valence-electron chi connectivity index (χ1n) is 6.67. The van der Waals surface area contributed by atoms with Gasteiger partial charge in [-0.25, -0.2) is 0 Å². The van der Waals surface area contributed by atoms with Crippen LogP contribution >= 0.6 is 0 Å². The lowest BCUT2D eigenvalue weighted by molar-refractivity contribution is 0.0939. The summed E-state index contributed by atoms with van der Waals surface area (Å²) in [5.74, 6) is 0.469. The summed E-state index contributed by atoms with van der Waals surface area (Å²) in [4.78, 5) is 14.3. The summed E-state index contributed by atoms with van der Waals surface area (Å²) in [5, 5.41) is 2.97. The van der Waals surface area contributed by atoms with Crippen LogP contribution in [0, 0.1) is 5.92 Å². The quantitative estimate of drug-likeness (QED) is 0.707. The third-order valence-electron chi connectivity index (χ3n) is 3.63. The van der Waals surface area contributed by atoms with Crippen LogP contribution in [-0.4, -0.2) is 37.5 Å². The summed E-state index contributed by atoms with van der Waals surface area (Å²) >= 11 is 0. The zero-order valence-corrected chi connectivity index (χ0v) is 11.4. The van der Waals surface area contributed by atoms with Gasteiger partial charge in [-0.3, -0.25) is 4.79 Å². The Hall–Kier alpha value is -1.75. The van der Waals surface area contributed by atoms with Gasteiger partial charge in [0.15, 0.2) is 0 Å². The molecule has 0 aromatic heterocycles. The highest BCUT2D eigenvalue weighted by molar-refractivity contribution is 5.96. The van der Waals surface area contributed by atoms with Gasteiger partial charge >= 0.3 is 0 Å². The van der Waals surface area contributed by atoms with Crippen LogP contribution < -0.4 is 16.8 Å². The van der Waals surface area contributed by atoms with Gasteiger partial charge in [0.05, 0.1) is 0 Å². The van der Waals surface area contributed by atoms with Crippen molar-refractivity contribution in [2.75, 3.05) is 38.1 Å². The fourth-order valence-corrected chi connectivity index (χ4v) is 2.41. The van der Waals surface area contributed by atoms with Gasteiger partial charge in [0.1, 0.15) is 0 Å². The van der Waals surface area contributed by atoms with Crippen LogP contribution in [-0.2, 0) is 0 Å². The number of nitrogens with two attached hydrogens (primary N) is 2. The second kappa shape index (κ2) is 5.93. The van der Waals surface area contributed by atoms with Gasteiger partial charge in [-0.05, 0) is 57.1 Å². The number of rotatable bonds is 3. The Bertz CT molecular complexity index is 433. The molecular formula is C14H22N4O. The van der Waals surface area contributed by atoms with Crippen molar-refractivity contribution in [1.29, 1.82) is 0 Å². The number of carbonyl (C=O) groups is 1. The average Bonchev–Trinajstić information content (AvgIpc) is 2.36. The number of nitrogen functional groups attached to an aromatic ring is 2. The Balaban J connectivity index is 1.87. The predicted octanol–water partition coefficient (Wildman–Crippen LogP) is 0.923. The molecule has 0 unspecified atom stereocenters. The van der Waals surface area contributed by atoms with Crippen molar-refractivity contribution in [3.63, 3.8) is 0 Å². The zero-order chi connectivity index (χ0) is 13.8. The summed E-state index contributed by atoms with van der Waals surface area (Å²) in [5.41, 5.74) is 12.9. The highest BCUT2D eigenvalue weighted by Gasteiger charge is 2.17. The lowest BCUT2D eigenvalue weighted by Gasteiger charge is -2.28. The highest BCUT2D eigenvalue weighted by Crippen LogP contribution is 2.16. The van der Waals surface area contributed by atoms with E-state index in [0.717, 1.165) is 32.5 Å². The van der Waals surface area contributed by atoms with Crippen molar-refractivity contribution in [2.45, 2.75) is 12.8 Å². The Morgan fingerprint density at radius 1 is 1.26 bits per heavy atom. The second-order valence-corrected chi connectivity index (χ2v) is 5.35. The Morgan fingerprint density at radius 3 is 2.42 bits per heavy atom. The molecule has 0 spiro atoms. The molecule has 5 N–H and O–H groups in total. The molecule has 19 heavy (non-hydrogen) atoms. The number of benzene rings is 1. The molecule has 0 aliphatic carbocycles. The largest absolute Gasteiger partial charge is 0.399 e. The van der Waals surface area contributed by atoms with Crippen molar-refractivity contribution >= 4 is 17.3 Å². The summed E-state index contributed by atoms with van der Waals surface area (Å²) < 4.78 is 0. The van der Waals surface area contributed by atoms with Gasteiger partial charge in [0.25, 0.3) is 5.91 Å². The summed E-state index contributed by atoms with van der Waals surface area (Å²) in [6.07, 6.45) is 2.27. The number of nitrogens with one attached hydrogen (secondary N) is 1. The van der Waals surface area contributed by atoms with Crippen molar-refractivity contribution in [1.82, 2.24) is 10.2 Å². The van der Waals surface area contributed by atoms with Crippen LogP contribution in [0.5, 0.6) is 0 Å². The predicted molar refractivity (Wildman–Crippen MR) is 77.8 cm³/mol. The SMILES string of the molecule is CN1CCC(CNC(=O)c2cc(N)cc(N)c2)CC1. The first-order chi connectivity index (χ1) is 9.04. The molecule has 104 valence electrons. The van der Waals surface area contributed by atoms with Gasteiger partial charge in [-0.2, -0.15) is 0 Å². The molecule has 0 bridgehead atoms. The van der Waals surface area contributed by atoms with Crippen molar-refractivity contribution in [3.8, 4) is 0 Å². The normalized spacial score (nSPS) is 17.3. The van der Waals surface area contributed by atoms with Gasteiger partial charge in [-0.1, -0.05) is 0 Å². The number of anilines is 2. The molecule has 0 saturated carbocycles. The lowest BCUT2D eigenvalue weighted by Crippen LogP contribution is -2.36. The van der Waals surface area contributed by atoms with Gasteiger partial charge in [-0.15, -0.1) is 0 Å². The number of carbonyl (C=O) groups excluding carboxylic acids is 1. The number of nitrogens with zero attached hydrogens (tertiary/aromatic N) is 1. The minimum absolute atomic E-state index is 0.0991. The molecule has 5 nitrogen and oxygen atoms in total. The number of likely N-dealkylation sites (tertiary alicyclic amines) is 1. The van der Waals surface area contributed by atoms with Crippen molar-refractivity contribution in [2.24, 2.45) is 5.92 Å². The molecule has 1 aromatic carbocycles. The standard InChI is InChI=1S/C14H22N4O/c1-18-4-2-10(3-5-18)9-17-14(19)11-6-12(15)8-13(16)7-11/h6-8,10H,2-5,9,15-16H2,1H3,(H,17,19). The van der Waals surface area contributed by atoms with Crippen LogP contribution in [0.4, 0.5) is 11.4 Å². The molecule has 2 rings (SSSR count). The van der Waals surface area contributed by atoms with Crippen LogP contribution in [0.25, 0.3) is 0 Å². The van der Waals surface area contributed by atoms with Gasteiger partial charge < -0.3 is 21.7 Å². The molecule has 1 aromatic rings. The molecule has 1 heterocycles. The molecule has 1 aliphatic rings. The first-order valence-corrected chi connectivity index (χ1v) is 6.67. The molecule has 1 aliphatic heterocycles. The van der Waals surface area contributed by atoms with Crippen LogP contribution in [0.15, 0.2) is 18.2 Å². The topological polar surface area (TPSA) is 84.4 Å². The van der Waals surface area contributed by atoms with E-state index in [9.17, 15) is 4.79 Å². The Morgan fingerprint density at radius 2 is 1.84 bits per heavy atom. The zero-order valence-electron chi connectivity index (χ0n) is 11.4.